The second-order valence-corrected chi connectivity index (χ2v) is 4.35. The predicted octanol–water partition coefficient (Wildman–Crippen LogP) is 2.05. The van der Waals surface area contributed by atoms with Crippen molar-refractivity contribution in [2.75, 3.05) is 25.6 Å². The maximum Gasteiger partial charge on any atom is 0.119 e. The molecule has 0 saturated carbocycles. The highest BCUT2D eigenvalue weighted by Gasteiger charge is 2.09. The van der Waals surface area contributed by atoms with E-state index in [1.165, 1.54) is 0 Å². The summed E-state index contributed by atoms with van der Waals surface area (Å²) in [6.45, 7) is 2.85. The van der Waals surface area contributed by atoms with Gasteiger partial charge in [0.25, 0.3) is 0 Å². The second kappa shape index (κ2) is 5.70. The summed E-state index contributed by atoms with van der Waals surface area (Å²) in [4.78, 5) is 2.68. The molecule has 88 valence electrons. The number of nitrogens with two attached hydrogens (primary N) is 1. The zero-order valence-corrected chi connectivity index (χ0v) is 10.8. The SMILES string of the molecule is COc1ccc(N(C)CC(C)C(N)=S)cc1. The van der Waals surface area contributed by atoms with Gasteiger partial charge in [0.2, 0.25) is 0 Å². The topological polar surface area (TPSA) is 38.5 Å². The maximum atomic E-state index is 5.59. The molecule has 0 spiro atoms. The van der Waals surface area contributed by atoms with Crippen molar-refractivity contribution in [2.24, 2.45) is 11.7 Å². The van der Waals surface area contributed by atoms with Gasteiger partial charge in [0, 0.05) is 25.2 Å². The van der Waals surface area contributed by atoms with Crippen LogP contribution < -0.4 is 15.4 Å². The maximum absolute atomic E-state index is 5.59. The van der Waals surface area contributed by atoms with Crippen LogP contribution in [0.2, 0.25) is 0 Å². The third-order valence-corrected chi connectivity index (χ3v) is 2.95. The number of rotatable bonds is 5. The number of nitrogens with zero attached hydrogens (tertiary/aromatic N) is 1. The number of benzene rings is 1. The zero-order valence-electron chi connectivity index (χ0n) is 9.93. The Kier molecular flexibility index (Phi) is 4.55. The van der Waals surface area contributed by atoms with E-state index in [1.54, 1.807) is 7.11 Å². The highest BCUT2D eigenvalue weighted by molar-refractivity contribution is 7.80. The molecule has 0 amide bonds. The molecule has 0 bridgehead atoms. The Morgan fingerprint density at radius 2 is 2.00 bits per heavy atom. The van der Waals surface area contributed by atoms with Gasteiger partial charge in [-0.3, -0.25) is 0 Å². The van der Waals surface area contributed by atoms with Gasteiger partial charge in [0.1, 0.15) is 5.75 Å². The van der Waals surface area contributed by atoms with Crippen LogP contribution in [0.4, 0.5) is 5.69 Å². The Morgan fingerprint density at radius 3 is 2.44 bits per heavy atom. The molecule has 4 heteroatoms. The van der Waals surface area contributed by atoms with Crippen LogP contribution in [0.5, 0.6) is 5.75 Å². The Labute approximate surface area is 102 Å². The van der Waals surface area contributed by atoms with Crippen LogP contribution in [0.1, 0.15) is 6.92 Å². The monoisotopic (exact) mass is 238 g/mol. The zero-order chi connectivity index (χ0) is 12.1. The number of ether oxygens (including phenoxy) is 1. The van der Waals surface area contributed by atoms with E-state index in [1.807, 2.05) is 38.2 Å². The molecule has 1 aromatic rings. The fraction of sp³-hybridized carbons (Fsp3) is 0.417. The van der Waals surface area contributed by atoms with Crippen LogP contribution in [0.15, 0.2) is 24.3 Å². The van der Waals surface area contributed by atoms with Crippen molar-refractivity contribution < 1.29 is 4.74 Å². The van der Waals surface area contributed by atoms with Gasteiger partial charge in [0.05, 0.1) is 12.1 Å². The Bertz CT molecular complexity index is 351. The molecule has 2 N–H and O–H groups in total. The van der Waals surface area contributed by atoms with Gasteiger partial charge in [-0.25, -0.2) is 0 Å². The van der Waals surface area contributed by atoms with E-state index in [2.05, 4.69) is 4.90 Å². The van der Waals surface area contributed by atoms with E-state index in [4.69, 9.17) is 22.7 Å². The van der Waals surface area contributed by atoms with Gasteiger partial charge in [-0.15, -0.1) is 0 Å². The third kappa shape index (κ3) is 3.38. The second-order valence-electron chi connectivity index (χ2n) is 3.88. The van der Waals surface area contributed by atoms with E-state index >= 15 is 0 Å². The number of methoxy groups -OCH3 is 1. The van der Waals surface area contributed by atoms with Crippen molar-refractivity contribution in [3.8, 4) is 5.75 Å². The van der Waals surface area contributed by atoms with Crippen molar-refractivity contribution in [2.45, 2.75) is 6.92 Å². The lowest BCUT2D eigenvalue weighted by Crippen LogP contribution is -2.31. The van der Waals surface area contributed by atoms with Gasteiger partial charge in [-0.05, 0) is 24.3 Å². The van der Waals surface area contributed by atoms with Crippen molar-refractivity contribution in [1.82, 2.24) is 0 Å². The highest BCUT2D eigenvalue weighted by Crippen LogP contribution is 2.18. The molecule has 0 radical (unpaired) electrons. The van der Waals surface area contributed by atoms with E-state index in [0.29, 0.717) is 4.99 Å². The first-order valence-electron chi connectivity index (χ1n) is 5.19. The quantitative estimate of drug-likeness (QED) is 0.797. The first-order chi connectivity index (χ1) is 7.54. The molecule has 3 nitrogen and oxygen atoms in total. The summed E-state index contributed by atoms with van der Waals surface area (Å²) in [6, 6.07) is 7.92. The molecular weight excluding hydrogens is 220 g/mol. The average Bonchev–Trinajstić information content (AvgIpc) is 2.28. The van der Waals surface area contributed by atoms with Crippen molar-refractivity contribution >= 4 is 22.9 Å². The minimum atomic E-state index is 0.210. The molecule has 0 aliphatic carbocycles. The summed E-state index contributed by atoms with van der Waals surface area (Å²) in [7, 11) is 3.68. The molecule has 0 heterocycles. The summed E-state index contributed by atoms with van der Waals surface area (Å²) < 4.78 is 5.11. The van der Waals surface area contributed by atoms with Crippen LogP contribution in [-0.4, -0.2) is 25.7 Å². The normalized spacial score (nSPS) is 11.9. The molecule has 0 aliphatic heterocycles. The van der Waals surface area contributed by atoms with Crippen LogP contribution in [0, 0.1) is 5.92 Å². The number of hydrogen-bond donors (Lipinski definition) is 1. The molecule has 16 heavy (non-hydrogen) atoms. The van der Waals surface area contributed by atoms with Crippen molar-refractivity contribution in [1.29, 1.82) is 0 Å². The van der Waals surface area contributed by atoms with Gasteiger partial charge >= 0.3 is 0 Å². The largest absolute Gasteiger partial charge is 0.497 e. The minimum absolute atomic E-state index is 0.210. The fourth-order valence-electron chi connectivity index (χ4n) is 1.44. The molecular formula is C12H18N2OS. The number of hydrogen-bond acceptors (Lipinski definition) is 3. The fourth-order valence-corrected chi connectivity index (χ4v) is 1.52. The van der Waals surface area contributed by atoms with Crippen molar-refractivity contribution in [3.63, 3.8) is 0 Å². The molecule has 0 saturated heterocycles. The summed E-state index contributed by atoms with van der Waals surface area (Å²) in [5.41, 5.74) is 6.72. The van der Waals surface area contributed by atoms with Gasteiger partial charge < -0.3 is 15.4 Å². The standard InChI is InChI=1S/C12H18N2OS/c1-9(12(13)16)8-14(2)10-4-6-11(15-3)7-5-10/h4-7,9H,8H2,1-3H3,(H2,13,16). The Hall–Kier alpha value is -1.29. The summed E-state index contributed by atoms with van der Waals surface area (Å²) in [6.07, 6.45) is 0. The lowest BCUT2D eigenvalue weighted by molar-refractivity contribution is 0.415. The molecule has 1 aromatic carbocycles. The summed E-state index contributed by atoms with van der Waals surface area (Å²) >= 11 is 4.96. The van der Waals surface area contributed by atoms with Gasteiger partial charge in [-0.1, -0.05) is 19.1 Å². The average molecular weight is 238 g/mol. The summed E-state index contributed by atoms with van der Waals surface area (Å²) in [5.74, 6) is 1.07. The van der Waals surface area contributed by atoms with Crippen molar-refractivity contribution in [3.05, 3.63) is 24.3 Å². The van der Waals surface area contributed by atoms with E-state index < -0.39 is 0 Å². The van der Waals surface area contributed by atoms with Crippen LogP contribution >= 0.6 is 12.2 Å². The van der Waals surface area contributed by atoms with Gasteiger partial charge in [0.15, 0.2) is 0 Å². The van der Waals surface area contributed by atoms with E-state index in [9.17, 15) is 0 Å². The van der Waals surface area contributed by atoms with Crippen LogP contribution in [0.25, 0.3) is 0 Å². The molecule has 0 aromatic heterocycles. The first kappa shape index (κ1) is 12.8. The van der Waals surface area contributed by atoms with Crippen LogP contribution in [0.3, 0.4) is 0 Å². The lowest BCUT2D eigenvalue weighted by atomic mass is 10.1. The number of thiocarbonyl (C=S) groups is 1. The van der Waals surface area contributed by atoms with E-state index in [0.717, 1.165) is 18.0 Å². The third-order valence-electron chi connectivity index (χ3n) is 2.55. The molecule has 0 fully saturated rings. The highest BCUT2D eigenvalue weighted by atomic mass is 32.1. The first-order valence-corrected chi connectivity index (χ1v) is 5.60. The number of anilines is 1. The van der Waals surface area contributed by atoms with E-state index in [-0.39, 0.29) is 5.92 Å². The molecule has 0 aliphatic rings. The Morgan fingerprint density at radius 1 is 1.44 bits per heavy atom. The Balaban J connectivity index is 2.65. The van der Waals surface area contributed by atoms with Crippen LogP contribution in [-0.2, 0) is 0 Å². The molecule has 1 atom stereocenters. The predicted molar refractivity (Wildman–Crippen MR) is 72.2 cm³/mol. The lowest BCUT2D eigenvalue weighted by Gasteiger charge is -2.23. The minimum Gasteiger partial charge on any atom is -0.497 e. The molecule has 1 unspecified atom stereocenters. The van der Waals surface area contributed by atoms with Gasteiger partial charge in [-0.2, -0.15) is 0 Å². The molecule has 1 rings (SSSR count). The smallest absolute Gasteiger partial charge is 0.119 e. The summed E-state index contributed by atoms with van der Waals surface area (Å²) in [5, 5.41) is 0.